The van der Waals surface area contributed by atoms with Crippen molar-refractivity contribution in [1.82, 2.24) is 4.57 Å². The molecular formula is C17H17NO5. The molecule has 0 saturated carbocycles. The van der Waals surface area contributed by atoms with Crippen LogP contribution in [0.2, 0.25) is 0 Å². The molecule has 120 valence electrons. The largest absolute Gasteiger partial charge is 0.463 e. The summed E-state index contributed by atoms with van der Waals surface area (Å²) < 4.78 is 6.39. The summed E-state index contributed by atoms with van der Waals surface area (Å²) in [7, 11) is 2.95. The molecule has 0 radical (unpaired) electrons. The minimum Gasteiger partial charge on any atom is -0.463 e. The van der Waals surface area contributed by atoms with Crippen LogP contribution >= 0.6 is 0 Å². The number of carbonyl (C=O) groups excluding carboxylic acids is 3. The van der Waals surface area contributed by atoms with Gasteiger partial charge in [-0.1, -0.05) is 18.2 Å². The molecule has 2 aromatic rings. The van der Waals surface area contributed by atoms with Crippen molar-refractivity contribution >= 4 is 28.4 Å². The number of aliphatic hydroxyl groups excluding tert-OH is 1. The van der Waals surface area contributed by atoms with Gasteiger partial charge >= 0.3 is 5.97 Å². The molecule has 1 aromatic carbocycles. The van der Waals surface area contributed by atoms with Crippen molar-refractivity contribution in [1.29, 1.82) is 0 Å². The Kier molecular flexibility index (Phi) is 3.56. The molecule has 0 aliphatic heterocycles. The Bertz CT molecular complexity index is 835. The molecule has 6 nitrogen and oxygen atoms in total. The van der Waals surface area contributed by atoms with Crippen molar-refractivity contribution in [3.05, 3.63) is 35.5 Å². The van der Waals surface area contributed by atoms with Crippen molar-refractivity contribution in [3.63, 3.8) is 0 Å². The van der Waals surface area contributed by atoms with E-state index in [0.29, 0.717) is 12.0 Å². The third-order valence-corrected chi connectivity index (χ3v) is 4.75. The standard InChI is InChI=1S/C17H17NO5/c1-18-11-6-4-3-5-10(11)13-12(18)7-8-17(9-19,14(13)20)15(21)16(22)23-2/h3-6,19H,7-9H2,1-2H3. The summed E-state index contributed by atoms with van der Waals surface area (Å²) in [5.74, 6) is -2.59. The van der Waals surface area contributed by atoms with Crippen LogP contribution in [0, 0.1) is 5.41 Å². The zero-order valence-corrected chi connectivity index (χ0v) is 13.0. The van der Waals surface area contributed by atoms with Crippen molar-refractivity contribution in [3.8, 4) is 0 Å². The number of fused-ring (bicyclic) bond motifs is 3. The van der Waals surface area contributed by atoms with Gasteiger partial charge in [-0.05, 0) is 18.9 Å². The van der Waals surface area contributed by atoms with E-state index in [1.165, 1.54) is 0 Å². The van der Waals surface area contributed by atoms with Crippen LogP contribution in [0.25, 0.3) is 10.9 Å². The van der Waals surface area contributed by atoms with Gasteiger partial charge in [-0.2, -0.15) is 0 Å². The molecule has 1 heterocycles. The predicted molar refractivity (Wildman–Crippen MR) is 82.1 cm³/mol. The van der Waals surface area contributed by atoms with E-state index in [2.05, 4.69) is 4.74 Å². The molecule has 0 saturated heterocycles. The van der Waals surface area contributed by atoms with Crippen molar-refractivity contribution in [2.75, 3.05) is 13.7 Å². The Balaban J connectivity index is 2.22. The van der Waals surface area contributed by atoms with Gasteiger partial charge in [0.2, 0.25) is 0 Å². The van der Waals surface area contributed by atoms with Gasteiger partial charge in [0.05, 0.1) is 13.7 Å². The minimum absolute atomic E-state index is 0.0907. The average Bonchev–Trinajstić information content (AvgIpc) is 2.88. The zero-order chi connectivity index (χ0) is 16.8. The summed E-state index contributed by atoms with van der Waals surface area (Å²) in [6.45, 7) is -0.706. The highest BCUT2D eigenvalue weighted by Crippen LogP contribution is 2.40. The van der Waals surface area contributed by atoms with Gasteiger partial charge < -0.3 is 14.4 Å². The maximum atomic E-state index is 13.1. The van der Waals surface area contributed by atoms with E-state index in [9.17, 15) is 19.5 Å². The fourth-order valence-electron chi connectivity index (χ4n) is 3.40. The van der Waals surface area contributed by atoms with Crippen LogP contribution in [0.4, 0.5) is 0 Å². The number of methoxy groups -OCH3 is 1. The lowest BCUT2D eigenvalue weighted by atomic mass is 9.69. The van der Waals surface area contributed by atoms with Crippen molar-refractivity contribution in [2.45, 2.75) is 12.8 Å². The molecule has 1 aliphatic carbocycles. The van der Waals surface area contributed by atoms with Gasteiger partial charge in [0.25, 0.3) is 5.78 Å². The molecule has 3 rings (SSSR count). The van der Waals surface area contributed by atoms with E-state index in [1.54, 1.807) is 0 Å². The third-order valence-electron chi connectivity index (χ3n) is 4.75. The second-order valence-electron chi connectivity index (χ2n) is 5.79. The highest BCUT2D eigenvalue weighted by atomic mass is 16.5. The molecule has 0 bridgehead atoms. The van der Waals surface area contributed by atoms with E-state index in [-0.39, 0.29) is 6.42 Å². The Hall–Kier alpha value is -2.47. The number of benzene rings is 1. The predicted octanol–water partition coefficient (Wildman–Crippen LogP) is 1.03. The van der Waals surface area contributed by atoms with Crippen LogP contribution in [-0.2, 0) is 27.8 Å². The number of carbonyl (C=O) groups is 3. The van der Waals surface area contributed by atoms with Crippen molar-refractivity contribution in [2.24, 2.45) is 12.5 Å². The summed E-state index contributed by atoms with van der Waals surface area (Å²) in [5.41, 5.74) is 0.369. The number of rotatable bonds is 3. The van der Waals surface area contributed by atoms with E-state index < -0.39 is 29.6 Å². The van der Waals surface area contributed by atoms with Gasteiger partial charge in [0.15, 0.2) is 5.78 Å². The second kappa shape index (κ2) is 5.31. The first-order chi connectivity index (χ1) is 11.0. The number of aryl methyl sites for hydroxylation is 1. The fourth-order valence-corrected chi connectivity index (χ4v) is 3.40. The molecule has 0 spiro atoms. The molecule has 23 heavy (non-hydrogen) atoms. The summed E-state index contributed by atoms with van der Waals surface area (Å²) in [6, 6.07) is 7.39. The highest BCUT2D eigenvalue weighted by molar-refractivity contribution is 6.42. The Morgan fingerprint density at radius 2 is 2.04 bits per heavy atom. The molecule has 1 atom stereocenters. The summed E-state index contributed by atoms with van der Waals surface area (Å²) >= 11 is 0. The lowest BCUT2D eigenvalue weighted by Gasteiger charge is -2.31. The molecule has 1 aliphatic rings. The van der Waals surface area contributed by atoms with Crippen LogP contribution in [0.3, 0.4) is 0 Å². The molecule has 6 heteroatoms. The zero-order valence-electron chi connectivity index (χ0n) is 13.0. The number of esters is 1. The number of ether oxygens (including phenoxy) is 1. The molecular weight excluding hydrogens is 298 g/mol. The summed E-state index contributed by atoms with van der Waals surface area (Å²) in [6.07, 6.45) is 0.517. The maximum absolute atomic E-state index is 13.1. The topological polar surface area (TPSA) is 85.6 Å². The van der Waals surface area contributed by atoms with Gasteiger partial charge in [-0.3, -0.25) is 9.59 Å². The second-order valence-corrected chi connectivity index (χ2v) is 5.79. The van der Waals surface area contributed by atoms with Crippen molar-refractivity contribution < 1.29 is 24.2 Å². The molecule has 1 unspecified atom stereocenters. The summed E-state index contributed by atoms with van der Waals surface area (Å²) in [5, 5.41) is 10.5. The highest BCUT2D eigenvalue weighted by Gasteiger charge is 2.52. The monoisotopic (exact) mass is 315 g/mol. The maximum Gasteiger partial charge on any atom is 0.375 e. The van der Waals surface area contributed by atoms with Gasteiger partial charge in [-0.15, -0.1) is 0 Å². The van der Waals surface area contributed by atoms with E-state index >= 15 is 0 Å². The Morgan fingerprint density at radius 3 is 2.70 bits per heavy atom. The molecule has 0 amide bonds. The lowest BCUT2D eigenvalue weighted by molar-refractivity contribution is -0.156. The number of aromatic nitrogens is 1. The Morgan fingerprint density at radius 1 is 1.35 bits per heavy atom. The van der Waals surface area contributed by atoms with Gasteiger partial charge in [0, 0.05) is 29.2 Å². The molecule has 1 aromatic heterocycles. The van der Waals surface area contributed by atoms with Gasteiger partial charge in [0.1, 0.15) is 5.41 Å². The Labute approximate surface area is 132 Å². The first kappa shape index (κ1) is 15.4. The van der Waals surface area contributed by atoms with E-state index in [1.807, 2.05) is 35.9 Å². The number of hydrogen-bond acceptors (Lipinski definition) is 5. The number of para-hydroxylation sites is 1. The van der Waals surface area contributed by atoms with Crippen LogP contribution in [0.1, 0.15) is 22.5 Å². The molecule has 1 N–H and O–H groups in total. The fraction of sp³-hybridized carbons (Fsp3) is 0.353. The number of aliphatic hydroxyl groups is 1. The normalized spacial score (nSPS) is 20.4. The number of hydrogen-bond donors (Lipinski definition) is 1. The number of nitrogens with zero attached hydrogens (tertiary/aromatic N) is 1. The van der Waals surface area contributed by atoms with Gasteiger partial charge in [-0.25, -0.2) is 4.79 Å². The first-order valence-corrected chi connectivity index (χ1v) is 7.32. The van der Waals surface area contributed by atoms with Crippen LogP contribution in [-0.4, -0.2) is 40.9 Å². The average molecular weight is 315 g/mol. The van der Waals surface area contributed by atoms with E-state index in [4.69, 9.17) is 0 Å². The number of ketones is 2. The number of Topliss-reactive ketones (excluding diaryl/α,β-unsaturated/α-hetero) is 2. The molecule has 0 fully saturated rings. The van der Waals surface area contributed by atoms with E-state index in [0.717, 1.165) is 23.7 Å². The smallest absolute Gasteiger partial charge is 0.375 e. The third kappa shape index (κ3) is 1.95. The van der Waals surface area contributed by atoms with Crippen LogP contribution in [0.15, 0.2) is 24.3 Å². The quantitative estimate of drug-likeness (QED) is 0.519. The summed E-state index contributed by atoms with van der Waals surface area (Å²) in [4.78, 5) is 37.1. The minimum atomic E-state index is -1.75. The van der Waals surface area contributed by atoms with Crippen LogP contribution < -0.4 is 0 Å². The first-order valence-electron chi connectivity index (χ1n) is 7.32. The van der Waals surface area contributed by atoms with Crippen LogP contribution in [0.5, 0.6) is 0 Å². The SMILES string of the molecule is COC(=O)C(=O)C1(CO)CCc2c(c3ccccc3n2C)C1=O. The lowest BCUT2D eigenvalue weighted by Crippen LogP contribution is -2.49.